The Labute approximate surface area is 257 Å². The zero-order valence-corrected chi connectivity index (χ0v) is 24.0. The second-order valence-corrected chi connectivity index (χ2v) is 11.3. The summed E-state index contributed by atoms with van der Waals surface area (Å²) in [7, 11) is 0. The van der Waals surface area contributed by atoms with Gasteiger partial charge in [-0.3, -0.25) is 0 Å². The minimum atomic E-state index is 0.523. The summed E-state index contributed by atoms with van der Waals surface area (Å²) >= 11 is 0. The second kappa shape index (κ2) is 9.86. The lowest BCUT2D eigenvalue weighted by molar-refractivity contribution is 1.17. The van der Waals surface area contributed by atoms with Gasteiger partial charge in [-0.1, -0.05) is 133 Å². The van der Waals surface area contributed by atoms with Gasteiger partial charge in [0.25, 0.3) is 0 Å². The van der Waals surface area contributed by atoms with Crippen LogP contribution >= 0.6 is 0 Å². The molecule has 7 aromatic carbocycles. The molecule has 0 saturated carbocycles. The van der Waals surface area contributed by atoms with Crippen LogP contribution in [0.15, 0.2) is 170 Å². The molecule has 0 fully saturated rings. The average Bonchev–Trinajstić information content (AvgIpc) is 3.62. The van der Waals surface area contributed by atoms with E-state index in [9.17, 15) is 1.37 Å². The van der Waals surface area contributed by atoms with E-state index in [1.165, 1.54) is 22.1 Å². The molecule has 0 amide bonds. The largest absolute Gasteiger partial charge is 0.309 e. The third kappa shape index (κ3) is 3.68. The number of rotatable bonds is 4. The highest BCUT2D eigenvalue weighted by molar-refractivity contribution is 6.26. The van der Waals surface area contributed by atoms with Gasteiger partial charge in [-0.2, -0.15) is 0 Å². The lowest BCUT2D eigenvalue weighted by atomic mass is 10.0. The van der Waals surface area contributed by atoms with Crippen LogP contribution in [0, 0.1) is 0 Å². The summed E-state index contributed by atoms with van der Waals surface area (Å²) in [5.41, 5.74) is 11.2. The molecular formula is C42H28N2. The predicted molar refractivity (Wildman–Crippen MR) is 186 cm³/mol. The van der Waals surface area contributed by atoms with Gasteiger partial charge in [-0.15, -0.1) is 0 Å². The maximum atomic E-state index is 9.47. The van der Waals surface area contributed by atoms with Gasteiger partial charge in [0.2, 0.25) is 0 Å². The molecule has 0 unspecified atom stereocenters. The Balaban J connectivity index is 1.41. The fourth-order valence-electron chi connectivity index (χ4n) is 6.90. The molecule has 2 aromatic heterocycles. The Kier molecular flexibility index (Phi) is 5.31. The minimum Gasteiger partial charge on any atom is -0.309 e. The van der Waals surface area contributed by atoms with Crippen molar-refractivity contribution in [2.24, 2.45) is 0 Å². The van der Waals surface area contributed by atoms with Crippen LogP contribution < -0.4 is 0 Å². The number of hydrogen-bond acceptors (Lipinski definition) is 0. The number of fused-ring (bicyclic) bond motifs is 7. The molecule has 0 radical (unpaired) electrons. The smallest absolute Gasteiger partial charge is 0.0641 e. The third-order valence-corrected chi connectivity index (χ3v) is 8.84. The molecule has 0 N–H and O–H groups in total. The van der Waals surface area contributed by atoms with E-state index in [-0.39, 0.29) is 0 Å². The fourth-order valence-corrected chi connectivity index (χ4v) is 6.90. The fraction of sp³-hybridized carbons (Fsp3) is 0. The molecule has 9 rings (SSSR count). The van der Waals surface area contributed by atoms with Crippen LogP contribution in [-0.4, -0.2) is 9.13 Å². The van der Waals surface area contributed by atoms with Gasteiger partial charge in [0, 0.05) is 32.8 Å². The Morgan fingerprint density at radius 1 is 0.386 bits per heavy atom. The van der Waals surface area contributed by atoms with Gasteiger partial charge in [0.15, 0.2) is 0 Å². The maximum absolute atomic E-state index is 9.47. The molecule has 206 valence electrons. The van der Waals surface area contributed by atoms with Crippen LogP contribution in [0.3, 0.4) is 0 Å². The van der Waals surface area contributed by atoms with E-state index in [0.29, 0.717) is 6.04 Å². The lowest BCUT2D eigenvalue weighted by Gasteiger charge is -2.14. The van der Waals surface area contributed by atoms with Crippen LogP contribution in [0.5, 0.6) is 0 Å². The van der Waals surface area contributed by atoms with Crippen LogP contribution in [0.1, 0.15) is 1.37 Å². The molecule has 2 heterocycles. The van der Waals surface area contributed by atoms with E-state index in [1.807, 2.05) is 6.07 Å². The summed E-state index contributed by atoms with van der Waals surface area (Å²) < 4.78 is 14.2. The van der Waals surface area contributed by atoms with Crippen LogP contribution in [-0.2, 0) is 0 Å². The van der Waals surface area contributed by atoms with Gasteiger partial charge < -0.3 is 9.13 Å². The first-order valence-corrected chi connectivity index (χ1v) is 15.0. The first kappa shape index (κ1) is 23.7. The molecule has 2 heteroatoms. The Hall–Kier alpha value is -5.86. The Bertz CT molecular complexity index is 2520. The molecule has 0 bridgehead atoms. The molecule has 44 heavy (non-hydrogen) atoms. The van der Waals surface area contributed by atoms with Gasteiger partial charge in [-0.05, 0) is 53.1 Å². The molecule has 0 atom stereocenters. The summed E-state index contributed by atoms with van der Waals surface area (Å²) in [5, 5.41) is 4.39. The summed E-state index contributed by atoms with van der Waals surface area (Å²) in [6, 6.07) is 58.2. The quantitative estimate of drug-likeness (QED) is 0.202. The Morgan fingerprint density at radius 2 is 0.955 bits per heavy atom. The van der Waals surface area contributed by atoms with Gasteiger partial charge >= 0.3 is 0 Å². The summed E-state index contributed by atoms with van der Waals surface area (Å²) in [6.45, 7) is 0. The van der Waals surface area contributed by atoms with Crippen molar-refractivity contribution in [3.8, 4) is 33.6 Å². The monoisotopic (exact) mass is 561 g/mol. The van der Waals surface area contributed by atoms with Crippen molar-refractivity contribution in [3.05, 3.63) is 170 Å². The van der Waals surface area contributed by atoms with E-state index in [4.69, 9.17) is 0 Å². The highest BCUT2D eigenvalue weighted by Gasteiger charge is 2.21. The predicted octanol–water partition coefficient (Wildman–Crippen LogP) is 11.2. The normalized spacial score (nSPS) is 12.0. The maximum Gasteiger partial charge on any atom is 0.0641 e. The van der Waals surface area contributed by atoms with Crippen molar-refractivity contribution in [3.63, 3.8) is 0 Å². The van der Waals surface area contributed by atoms with Gasteiger partial charge in [0.1, 0.15) is 0 Å². The SMILES string of the molecule is [2H]c1cc2c(c3ccccc3n2-c2ccccc2-c2ccccc2)c2c1c1ccccc1n2-c1ccc(-c2ccccc2)cc1. The van der Waals surface area contributed by atoms with E-state index >= 15 is 0 Å². The van der Waals surface area contributed by atoms with Crippen LogP contribution in [0.2, 0.25) is 0 Å². The molecule has 0 aliphatic carbocycles. The summed E-state index contributed by atoms with van der Waals surface area (Å²) in [5.74, 6) is 0. The first-order chi connectivity index (χ1) is 22.3. The molecule has 0 saturated heterocycles. The van der Waals surface area contributed by atoms with Crippen molar-refractivity contribution in [2.75, 3.05) is 0 Å². The molecule has 9 aromatic rings. The second-order valence-electron chi connectivity index (χ2n) is 11.3. The number of aromatic nitrogens is 2. The van der Waals surface area contributed by atoms with E-state index < -0.39 is 0 Å². The van der Waals surface area contributed by atoms with Gasteiger partial charge in [0.05, 0.1) is 29.1 Å². The van der Waals surface area contributed by atoms with E-state index in [1.54, 1.807) is 0 Å². The van der Waals surface area contributed by atoms with Crippen LogP contribution in [0.25, 0.3) is 77.2 Å². The number of nitrogens with zero attached hydrogens (tertiary/aromatic N) is 2. The molecule has 0 spiro atoms. The molecular weight excluding hydrogens is 532 g/mol. The summed E-state index contributed by atoms with van der Waals surface area (Å²) in [6.07, 6.45) is 0. The zero-order valence-electron chi connectivity index (χ0n) is 25.0. The van der Waals surface area contributed by atoms with Crippen molar-refractivity contribution in [1.29, 1.82) is 0 Å². The third-order valence-electron chi connectivity index (χ3n) is 8.84. The Morgan fingerprint density at radius 3 is 1.70 bits per heavy atom. The van der Waals surface area contributed by atoms with Crippen molar-refractivity contribution >= 4 is 43.6 Å². The van der Waals surface area contributed by atoms with Crippen molar-refractivity contribution in [1.82, 2.24) is 9.13 Å². The van der Waals surface area contributed by atoms with E-state index in [2.05, 4.69) is 167 Å². The highest BCUT2D eigenvalue weighted by atomic mass is 15.0. The molecule has 2 nitrogen and oxygen atoms in total. The lowest BCUT2D eigenvalue weighted by Crippen LogP contribution is -1.97. The standard InChI is InChI=1S/C42H28N2/c1-3-13-29(14-4-1)30-23-25-32(26-24-30)43-38-21-11-8-18-34(38)35-27-28-40-41(42(35)43)36-19-9-12-22-39(36)44(40)37-20-10-7-17-33(37)31-15-5-2-6-16-31/h1-28H/i27D. The summed E-state index contributed by atoms with van der Waals surface area (Å²) in [4.78, 5) is 0. The highest BCUT2D eigenvalue weighted by Crippen LogP contribution is 2.43. The van der Waals surface area contributed by atoms with E-state index in [0.717, 1.165) is 55.2 Å². The number of benzene rings is 7. The number of hydrogen-bond donors (Lipinski definition) is 0. The first-order valence-electron chi connectivity index (χ1n) is 15.5. The number of para-hydroxylation sites is 3. The minimum absolute atomic E-state index is 0.523. The molecule has 0 aliphatic rings. The van der Waals surface area contributed by atoms with Gasteiger partial charge in [-0.25, -0.2) is 0 Å². The topological polar surface area (TPSA) is 9.86 Å². The average molecular weight is 562 g/mol. The van der Waals surface area contributed by atoms with Crippen LogP contribution in [0.4, 0.5) is 0 Å². The van der Waals surface area contributed by atoms with Crippen molar-refractivity contribution < 1.29 is 1.37 Å². The van der Waals surface area contributed by atoms with Crippen molar-refractivity contribution in [2.45, 2.75) is 0 Å². The zero-order chi connectivity index (χ0) is 29.9. The molecule has 0 aliphatic heterocycles.